The summed E-state index contributed by atoms with van der Waals surface area (Å²) in [5, 5.41) is 0. The molecule has 4 heteroatoms. The number of methoxy groups -OCH3 is 1. The van der Waals surface area contributed by atoms with E-state index >= 15 is 0 Å². The molecule has 86 valence electrons. The van der Waals surface area contributed by atoms with Gasteiger partial charge in [0.25, 0.3) is 0 Å². The molecular formula is C11H19NO3. The highest BCUT2D eigenvalue weighted by Gasteiger charge is 2.46. The zero-order valence-corrected chi connectivity index (χ0v) is 9.44. The van der Waals surface area contributed by atoms with Crippen molar-refractivity contribution in [3.63, 3.8) is 0 Å². The number of carbonyl (C=O) groups is 1. The molecule has 0 N–H and O–H groups in total. The number of esters is 1. The van der Waals surface area contributed by atoms with Gasteiger partial charge in [-0.05, 0) is 12.3 Å². The second kappa shape index (κ2) is 4.49. The molecule has 1 aliphatic heterocycles. The molecule has 2 rings (SSSR count). The van der Waals surface area contributed by atoms with Gasteiger partial charge in [-0.25, -0.2) is 0 Å². The Kier molecular flexibility index (Phi) is 3.26. The molecule has 3 unspecified atom stereocenters. The second-order valence-corrected chi connectivity index (χ2v) is 4.48. The van der Waals surface area contributed by atoms with Gasteiger partial charge in [0.1, 0.15) is 0 Å². The Hall–Kier alpha value is -0.610. The number of hydrogen-bond donors (Lipinski definition) is 0. The fourth-order valence-corrected chi connectivity index (χ4v) is 2.76. The minimum absolute atomic E-state index is 0.0513. The lowest BCUT2D eigenvalue weighted by molar-refractivity contribution is -0.158. The van der Waals surface area contributed by atoms with Crippen molar-refractivity contribution in [1.82, 2.24) is 4.90 Å². The fourth-order valence-electron chi connectivity index (χ4n) is 2.76. The van der Waals surface area contributed by atoms with E-state index in [4.69, 9.17) is 9.47 Å². The van der Waals surface area contributed by atoms with Gasteiger partial charge in [-0.2, -0.15) is 0 Å². The highest BCUT2D eigenvalue weighted by atomic mass is 16.5. The van der Waals surface area contributed by atoms with Crippen LogP contribution < -0.4 is 0 Å². The van der Waals surface area contributed by atoms with Crippen LogP contribution in [-0.2, 0) is 14.3 Å². The smallest absolute Gasteiger partial charge is 0.310 e. The van der Waals surface area contributed by atoms with Gasteiger partial charge >= 0.3 is 5.97 Å². The molecular weight excluding hydrogens is 194 g/mol. The SMILES string of the molecule is COC(=O)C1CC(C)C1N1CCOCC1. The van der Waals surface area contributed by atoms with E-state index in [2.05, 4.69) is 11.8 Å². The maximum atomic E-state index is 11.5. The quantitative estimate of drug-likeness (QED) is 0.627. The van der Waals surface area contributed by atoms with Gasteiger partial charge < -0.3 is 9.47 Å². The van der Waals surface area contributed by atoms with Crippen molar-refractivity contribution in [3.8, 4) is 0 Å². The Morgan fingerprint density at radius 3 is 2.60 bits per heavy atom. The van der Waals surface area contributed by atoms with E-state index in [1.54, 1.807) is 0 Å². The number of ether oxygens (including phenoxy) is 2. The van der Waals surface area contributed by atoms with E-state index in [1.807, 2.05) is 0 Å². The third-order valence-corrected chi connectivity index (χ3v) is 3.59. The molecule has 0 spiro atoms. The lowest BCUT2D eigenvalue weighted by Gasteiger charge is -2.48. The lowest BCUT2D eigenvalue weighted by Crippen LogP contribution is -2.58. The van der Waals surface area contributed by atoms with E-state index in [0.29, 0.717) is 12.0 Å². The largest absolute Gasteiger partial charge is 0.469 e. The van der Waals surface area contributed by atoms with Crippen LogP contribution in [0, 0.1) is 11.8 Å². The van der Waals surface area contributed by atoms with Crippen LogP contribution >= 0.6 is 0 Å². The molecule has 1 saturated carbocycles. The molecule has 1 heterocycles. The van der Waals surface area contributed by atoms with Crippen molar-refractivity contribution >= 4 is 5.97 Å². The van der Waals surface area contributed by atoms with E-state index < -0.39 is 0 Å². The number of carbonyl (C=O) groups excluding carboxylic acids is 1. The minimum atomic E-state index is -0.0513. The van der Waals surface area contributed by atoms with E-state index in [0.717, 1.165) is 32.7 Å². The molecule has 2 aliphatic rings. The number of morpholine rings is 1. The molecule has 0 radical (unpaired) electrons. The molecule has 2 fully saturated rings. The van der Waals surface area contributed by atoms with Crippen molar-refractivity contribution in [2.75, 3.05) is 33.4 Å². The third-order valence-electron chi connectivity index (χ3n) is 3.59. The average Bonchev–Trinajstić information content (AvgIpc) is 2.26. The number of rotatable bonds is 2. The second-order valence-electron chi connectivity index (χ2n) is 4.48. The van der Waals surface area contributed by atoms with Crippen molar-refractivity contribution in [3.05, 3.63) is 0 Å². The van der Waals surface area contributed by atoms with Crippen LogP contribution in [0.5, 0.6) is 0 Å². The first-order valence-electron chi connectivity index (χ1n) is 5.63. The summed E-state index contributed by atoms with van der Waals surface area (Å²) in [4.78, 5) is 13.9. The predicted molar refractivity (Wildman–Crippen MR) is 55.5 cm³/mol. The standard InChI is InChI=1S/C11H19NO3/c1-8-7-9(11(13)14-2)10(8)12-3-5-15-6-4-12/h8-10H,3-7H2,1-2H3. The molecule has 0 amide bonds. The normalized spacial score (nSPS) is 37.1. The van der Waals surface area contributed by atoms with E-state index in [1.165, 1.54) is 7.11 Å². The molecule has 0 aromatic rings. The summed E-state index contributed by atoms with van der Waals surface area (Å²) < 4.78 is 10.1. The molecule has 1 saturated heterocycles. The van der Waals surface area contributed by atoms with E-state index in [-0.39, 0.29) is 11.9 Å². The van der Waals surface area contributed by atoms with Crippen LogP contribution in [0.25, 0.3) is 0 Å². The van der Waals surface area contributed by atoms with Crippen molar-refractivity contribution in [2.24, 2.45) is 11.8 Å². The van der Waals surface area contributed by atoms with Gasteiger partial charge in [-0.3, -0.25) is 9.69 Å². The Bertz CT molecular complexity index is 238. The topological polar surface area (TPSA) is 38.8 Å². The average molecular weight is 213 g/mol. The van der Waals surface area contributed by atoms with Crippen molar-refractivity contribution < 1.29 is 14.3 Å². The first-order chi connectivity index (χ1) is 7.24. The molecule has 0 bridgehead atoms. The highest BCUT2D eigenvalue weighted by Crippen LogP contribution is 2.38. The van der Waals surface area contributed by atoms with Gasteiger partial charge in [0, 0.05) is 19.1 Å². The first-order valence-corrected chi connectivity index (χ1v) is 5.63. The summed E-state index contributed by atoms with van der Waals surface area (Å²) in [6.45, 7) is 5.68. The van der Waals surface area contributed by atoms with Crippen LogP contribution in [0.3, 0.4) is 0 Å². The summed E-state index contributed by atoms with van der Waals surface area (Å²) in [5.74, 6) is 0.639. The van der Waals surface area contributed by atoms with Gasteiger partial charge in [-0.15, -0.1) is 0 Å². The van der Waals surface area contributed by atoms with Crippen LogP contribution in [0.4, 0.5) is 0 Å². The van der Waals surface area contributed by atoms with Crippen LogP contribution in [-0.4, -0.2) is 50.3 Å². The van der Waals surface area contributed by atoms with Gasteiger partial charge in [0.2, 0.25) is 0 Å². The first kappa shape index (κ1) is 10.9. The number of nitrogens with zero attached hydrogens (tertiary/aromatic N) is 1. The summed E-state index contributed by atoms with van der Waals surface area (Å²) in [7, 11) is 1.47. The van der Waals surface area contributed by atoms with Crippen molar-refractivity contribution in [1.29, 1.82) is 0 Å². The van der Waals surface area contributed by atoms with Crippen LogP contribution in [0.15, 0.2) is 0 Å². The summed E-state index contributed by atoms with van der Waals surface area (Å²) in [6.07, 6.45) is 0.967. The summed E-state index contributed by atoms with van der Waals surface area (Å²) >= 11 is 0. The highest BCUT2D eigenvalue weighted by molar-refractivity contribution is 5.74. The molecule has 0 aromatic heterocycles. The van der Waals surface area contributed by atoms with Gasteiger partial charge in [0.05, 0.1) is 26.2 Å². The maximum absolute atomic E-state index is 11.5. The monoisotopic (exact) mass is 213 g/mol. The Morgan fingerprint density at radius 1 is 1.40 bits per heavy atom. The minimum Gasteiger partial charge on any atom is -0.469 e. The van der Waals surface area contributed by atoms with Crippen molar-refractivity contribution in [2.45, 2.75) is 19.4 Å². The van der Waals surface area contributed by atoms with Gasteiger partial charge in [-0.1, -0.05) is 6.92 Å². The zero-order valence-electron chi connectivity index (χ0n) is 9.44. The molecule has 0 aromatic carbocycles. The summed E-state index contributed by atoms with van der Waals surface area (Å²) in [5.41, 5.74) is 0. The van der Waals surface area contributed by atoms with Crippen LogP contribution in [0.1, 0.15) is 13.3 Å². The Morgan fingerprint density at radius 2 is 2.07 bits per heavy atom. The third kappa shape index (κ3) is 2.01. The van der Waals surface area contributed by atoms with Gasteiger partial charge in [0.15, 0.2) is 0 Å². The Balaban J connectivity index is 1.96. The zero-order chi connectivity index (χ0) is 10.8. The van der Waals surface area contributed by atoms with E-state index in [9.17, 15) is 4.79 Å². The number of hydrogen-bond acceptors (Lipinski definition) is 4. The summed E-state index contributed by atoms with van der Waals surface area (Å²) in [6, 6.07) is 0.376. The lowest BCUT2D eigenvalue weighted by atomic mass is 9.69. The maximum Gasteiger partial charge on any atom is 0.310 e. The van der Waals surface area contributed by atoms with Crippen LogP contribution in [0.2, 0.25) is 0 Å². The predicted octanol–water partition coefficient (Wildman–Crippen LogP) is 0.516. The molecule has 3 atom stereocenters. The molecule has 4 nitrogen and oxygen atoms in total. The molecule has 1 aliphatic carbocycles. The molecule has 15 heavy (non-hydrogen) atoms. The Labute approximate surface area is 90.5 Å². The fraction of sp³-hybridized carbons (Fsp3) is 0.909.